The van der Waals surface area contributed by atoms with Gasteiger partial charge in [0, 0.05) is 6.42 Å². The summed E-state index contributed by atoms with van der Waals surface area (Å²) in [5, 5.41) is 116. The van der Waals surface area contributed by atoms with E-state index in [1.165, 1.54) is 13.8 Å². The van der Waals surface area contributed by atoms with Crippen molar-refractivity contribution in [2.24, 2.45) is 23.7 Å². The second kappa shape index (κ2) is 39.7. The minimum Gasteiger partial charge on any atom is -0.456 e. The van der Waals surface area contributed by atoms with Crippen LogP contribution in [0.2, 0.25) is 0 Å². The number of fused-ring (bicyclic) bond motifs is 6. The number of carbonyl (C=O) groups excluding carboxylic acids is 5. The predicted molar refractivity (Wildman–Crippen MR) is 331 cm³/mol. The third kappa shape index (κ3) is 21.3. The van der Waals surface area contributed by atoms with Crippen LogP contribution in [0.25, 0.3) is 0 Å². The molecule has 6 fully saturated rings. The second-order valence-electron chi connectivity index (χ2n) is 26.6. The van der Waals surface area contributed by atoms with Gasteiger partial charge in [-0.3, -0.25) is 24.0 Å². The first-order chi connectivity index (χ1) is 45.8. The second-order valence-corrected chi connectivity index (χ2v) is 26.6. The van der Waals surface area contributed by atoms with E-state index in [0.717, 1.165) is 38.5 Å². The van der Waals surface area contributed by atoms with Crippen LogP contribution in [0.3, 0.4) is 0 Å². The normalized spacial score (nSPS) is 40.1. The fraction of sp³-hybridized carbons (Fsp3) is 0.924. The summed E-state index contributed by atoms with van der Waals surface area (Å²) in [6.07, 6.45) is -37.8. The van der Waals surface area contributed by atoms with E-state index in [1.54, 1.807) is 48.5 Å². The summed E-state index contributed by atoms with van der Waals surface area (Å²) in [7, 11) is 0. The van der Waals surface area contributed by atoms with Gasteiger partial charge in [0.25, 0.3) is 0 Å². The molecule has 0 aromatic heterocycles. The molecule has 0 amide bonds. The SMILES string of the molecule is CCCCC[C@@H]1CCCCCCCCCC(=O)O[C@H]2[C@H](OC[C@H]3O[C@@H](O[C@H]4[C@H](O)[C@@H](CO)O[C@@H](O[C@H]5[C@H](O1)O[C@H](CO)[C@@H](O)[C@@H]5O)[C@@H]4O[C@@H]1O[C@@H](C)[C@H](OC(=O)[C@@H](C)CC)[C@@H](O)[C@H]1OC(=O)[C@@H](C)CC)[C@H](O)[C@@H](OC(=O)[C@@H](C)CC)[C@@H]3OC(=O)[C@@H](C)CC)O[C@H](CO)[C@@H](O)[C@@H]2O. The Labute approximate surface area is 562 Å². The van der Waals surface area contributed by atoms with Gasteiger partial charge in [-0.25, -0.2) is 0 Å². The summed E-state index contributed by atoms with van der Waals surface area (Å²) in [6.45, 7) is 13.0. The molecule has 0 aromatic rings. The number of aliphatic hydroxyl groups is 10. The Bertz CT molecular complexity index is 2340. The van der Waals surface area contributed by atoms with Gasteiger partial charge in [0.2, 0.25) is 0 Å². The van der Waals surface area contributed by atoms with Crippen molar-refractivity contribution < 1.29 is 146 Å². The van der Waals surface area contributed by atoms with Crippen LogP contribution in [0.4, 0.5) is 0 Å². The maximum atomic E-state index is 14.1. The van der Waals surface area contributed by atoms with Crippen molar-refractivity contribution in [1.82, 2.24) is 0 Å². The van der Waals surface area contributed by atoms with Crippen LogP contribution in [0, 0.1) is 23.7 Å². The quantitative estimate of drug-likeness (QED) is 0.0442. The number of carbonyl (C=O) groups is 5. The lowest BCUT2D eigenvalue weighted by atomic mass is 9.95. The van der Waals surface area contributed by atoms with Gasteiger partial charge in [0.05, 0.1) is 62.3 Å². The van der Waals surface area contributed by atoms with Gasteiger partial charge >= 0.3 is 29.8 Å². The fourth-order valence-electron chi connectivity index (χ4n) is 12.0. The standard InChI is InChI=1S/C66H112O30/c1-11-16-22-25-37-26-23-20-18-17-19-21-24-27-42(70)89-54-46(74)43(71)38(28-67)85-63(54)82-31-41-51(91-59(79)33(7)13-3)53(92-60(80)34(8)14-4)49(77)62(88-41)94-52-45(73)40(30-69)87-66(95-55-47(75)44(72)39(29-68)86-65(55)84-37)57(52)96-64-56(93-61(81)35(9)15-5)48(76)50(36(10)83-64)90-58(78)32(6)12-2/h32-41,43-57,62-69,71-77H,11-31H2,1-10H3/t32-,33-,34-,35-,36-,37+,38+,39+,40+,41+,43+,44+,45+,46-,47-,48+,49+,50-,51+,52-,53+,54+,55+,56+,57+,62-,63+,64-,65+,66-/m0/s1. The number of hydrogen-bond acceptors (Lipinski definition) is 30. The Balaban J connectivity index is 1.56. The molecule has 30 nitrogen and oxygen atoms in total. The van der Waals surface area contributed by atoms with Crippen molar-refractivity contribution in [2.75, 3.05) is 26.4 Å². The average molecular weight is 1390 g/mol. The number of esters is 5. The van der Waals surface area contributed by atoms with E-state index in [0.29, 0.717) is 44.9 Å². The maximum absolute atomic E-state index is 14.1. The number of hydrogen-bond donors (Lipinski definition) is 10. The molecule has 30 heteroatoms. The molecule has 6 aliphatic heterocycles. The van der Waals surface area contributed by atoms with Gasteiger partial charge < -0.3 is 122 Å². The first-order valence-electron chi connectivity index (χ1n) is 34.9. The highest BCUT2D eigenvalue weighted by atomic mass is 16.8. The van der Waals surface area contributed by atoms with Crippen molar-refractivity contribution in [3.8, 4) is 0 Å². The molecular weight excluding hydrogens is 1270 g/mol. The number of ether oxygens (including phenoxy) is 15. The summed E-state index contributed by atoms with van der Waals surface area (Å²) < 4.78 is 94.3. The zero-order valence-corrected chi connectivity index (χ0v) is 57.3. The molecule has 0 radical (unpaired) electrons. The van der Waals surface area contributed by atoms with Gasteiger partial charge in [0.15, 0.2) is 62.0 Å². The van der Waals surface area contributed by atoms with Crippen molar-refractivity contribution in [3.63, 3.8) is 0 Å². The van der Waals surface area contributed by atoms with E-state index >= 15 is 0 Å². The molecule has 96 heavy (non-hydrogen) atoms. The summed E-state index contributed by atoms with van der Waals surface area (Å²) in [6, 6.07) is 0. The zero-order chi connectivity index (χ0) is 70.7. The van der Waals surface area contributed by atoms with Gasteiger partial charge in [-0.1, -0.05) is 120 Å². The molecule has 10 N–H and O–H groups in total. The minimum absolute atomic E-state index is 0.117. The molecule has 0 spiro atoms. The monoisotopic (exact) mass is 1380 g/mol. The van der Waals surface area contributed by atoms with Gasteiger partial charge in [0.1, 0.15) is 85.5 Å². The molecule has 6 rings (SSSR count). The lowest BCUT2D eigenvalue weighted by Crippen LogP contribution is -2.69. The lowest BCUT2D eigenvalue weighted by molar-refractivity contribution is -0.410. The third-order valence-corrected chi connectivity index (χ3v) is 19.3. The van der Waals surface area contributed by atoms with E-state index in [4.69, 9.17) is 71.1 Å². The number of unbranched alkanes of at least 4 members (excludes halogenated alkanes) is 2. The molecule has 0 aromatic carbocycles. The topological polar surface area (TPSA) is 426 Å². The van der Waals surface area contributed by atoms with E-state index < -0.39 is 240 Å². The molecule has 6 aliphatic rings. The fourth-order valence-corrected chi connectivity index (χ4v) is 12.0. The van der Waals surface area contributed by atoms with Crippen molar-refractivity contribution in [1.29, 1.82) is 0 Å². The van der Waals surface area contributed by atoms with Crippen molar-refractivity contribution >= 4 is 29.8 Å². The van der Waals surface area contributed by atoms with Crippen LogP contribution in [0.5, 0.6) is 0 Å². The molecule has 6 heterocycles. The summed E-state index contributed by atoms with van der Waals surface area (Å²) in [5.74, 6) is -7.26. The van der Waals surface area contributed by atoms with Crippen LogP contribution in [0.15, 0.2) is 0 Å². The number of rotatable bonds is 21. The molecule has 30 atom stereocenters. The maximum Gasteiger partial charge on any atom is 0.309 e. The van der Waals surface area contributed by atoms with Crippen LogP contribution in [-0.4, -0.2) is 267 Å². The van der Waals surface area contributed by atoms with Crippen LogP contribution in [0.1, 0.15) is 178 Å². The average Bonchev–Trinajstić information content (AvgIpc) is 0.765. The molecule has 6 saturated heterocycles. The molecular formula is C66H112O30. The van der Waals surface area contributed by atoms with E-state index in [2.05, 4.69) is 0 Å². The lowest BCUT2D eigenvalue weighted by Gasteiger charge is -2.51. The highest BCUT2D eigenvalue weighted by Crippen LogP contribution is 2.40. The largest absolute Gasteiger partial charge is 0.456 e. The van der Waals surface area contributed by atoms with Gasteiger partial charge in [-0.05, 0) is 51.9 Å². The van der Waals surface area contributed by atoms with E-state index in [1.807, 2.05) is 6.92 Å². The van der Waals surface area contributed by atoms with Crippen molar-refractivity contribution in [3.05, 3.63) is 0 Å². The Morgan fingerprint density at radius 1 is 0.458 bits per heavy atom. The van der Waals surface area contributed by atoms with Gasteiger partial charge in [-0.15, -0.1) is 0 Å². The smallest absolute Gasteiger partial charge is 0.309 e. The van der Waals surface area contributed by atoms with E-state index in [-0.39, 0.29) is 25.7 Å². The predicted octanol–water partition coefficient (Wildman–Crippen LogP) is 1.54. The summed E-state index contributed by atoms with van der Waals surface area (Å²) >= 11 is 0. The Morgan fingerprint density at radius 2 is 0.938 bits per heavy atom. The Kier molecular flexibility index (Phi) is 33.7. The summed E-state index contributed by atoms with van der Waals surface area (Å²) in [5.41, 5.74) is 0. The van der Waals surface area contributed by atoms with E-state index in [9.17, 15) is 75.0 Å². The minimum atomic E-state index is -2.24. The number of aliphatic hydroxyl groups excluding tert-OH is 10. The first-order valence-corrected chi connectivity index (χ1v) is 34.9. The van der Waals surface area contributed by atoms with Crippen LogP contribution in [-0.2, 0) is 95.0 Å². The van der Waals surface area contributed by atoms with Gasteiger partial charge in [-0.2, -0.15) is 0 Å². The molecule has 0 unspecified atom stereocenters. The highest BCUT2D eigenvalue weighted by molar-refractivity contribution is 5.74. The highest BCUT2D eigenvalue weighted by Gasteiger charge is 2.60. The summed E-state index contributed by atoms with van der Waals surface area (Å²) in [4.78, 5) is 69.0. The van der Waals surface area contributed by atoms with Crippen molar-refractivity contribution in [2.45, 2.75) is 338 Å². The Hall–Kier alpha value is -3.45. The molecule has 0 aliphatic carbocycles. The first kappa shape index (κ1) is 81.5. The third-order valence-electron chi connectivity index (χ3n) is 19.3. The molecule has 556 valence electrons. The zero-order valence-electron chi connectivity index (χ0n) is 57.3. The molecule has 0 saturated carbocycles. The van der Waals surface area contributed by atoms with Crippen LogP contribution < -0.4 is 0 Å². The van der Waals surface area contributed by atoms with Crippen LogP contribution >= 0.6 is 0 Å². The molecule has 4 bridgehead atoms. The Morgan fingerprint density at radius 3 is 1.49 bits per heavy atom.